The minimum atomic E-state index is -0.0244. The number of aryl methyl sites for hydroxylation is 1. The number of carbonyl (C=O) groups excluding carboxylic acids is 1. The number of nitrogens with one attached hydrogen (secondary N) is 1. The Bertz CT molecular complexity index is 1130. The van der Waals surface area contributed by atoms with Crippen LogP contribution >= 0.6 is 23.4 Å². The number of nitrogens with zero attached hydrogens (tertiary/aromatic N) is 3. The van der Waals surface area contributed by atoms with Crippen molar-refractivity contribution >= 4 is 29.3 Å². The maximum absolute atomic E-state index is 12.3. The highest BCUT2D eigenvalue weighted by Crippen LogP contribution is 2.26. The number of rotatable bonds is 10. The predicted octanol–water partition coefficient (Wildman–Crippen LogP) is 5.08. The Hall–Kier alpha value is -3.03. The van der Waals surface area contributed by atoms with Gasteiger partial charge in [-0.05, 0) is 54.8 Å². The van der Waals surface area contributed by atoms with Crippen molar-refractivity contribution < 1.29 is 9.21 Å². The van der Waals surface area contributed by atoms with Crippen molar-refractivity contribution in [3.8, 4) is 11.4 Å². The largest absolute Gasteiger partial charge is 0.467 e. The van der Waals surface area contributed by atoms with Gasteiger partial charge in [0, 0.05) is 17.1 Å². The number of hydrogen-bond acceptors (Lipinski definition) is 5. The van der Waals surface area contributed by atoms with Gasteiger partial charge in [-0.1, -0.05) is 53.7 Å². The van der Waals surface area contributed by atoms with Gasteiger partial charge in [0.05, 0.1) is 18.6 Å². The van der Waals surface area contributed by atoms with Gasteiger partial charge in [0.15, 0.2) is 11.0 Å². The summed E-state index contributed by atoms with van der Waals surface area (Å²) in [4.78, 5) is 12.3. The molecular weight excluding hydrogens is 444 g/mol. The third kappa shape index (κ3) is 6.02. The molecule has 1 N–H and O–H groups in total. The quantitative estimate of drug-likeness (QED) is 0.260. The van der Waals surface area contributed by atoms with Crippen LogP contribution in [0.2, 0.25) is 5.02 Å². The zero-order chi connectivity index (χ0) is 22.2. The number of benzene rings is 2. The molecule has 2 aromatic carbocycles. The van der Waals surface area contributed by atoms with Crippen molar-refractivity contribution in [1.29, 1.82) is 0 Å². The second-order valence-electron chi connectivity index (χ2n) is 7.21. The summed E-state index contributed by atoms with van der Waals surface area (Å²) in [6, 6.07) is 21.4. The molecule has 2 aromatic heterocycles. The predicted molar refractivity (Wildman–Crippen MR) is 127 cm³/mol. The van der Waals surface area contributed by atoms with Crippen LogP contribution in [-0.2, 0) is 17.8 Å². The first-order chi connectivity index (χ1) is 15.7. The number of furan rings is 1. The molecule has 0 radical (unpaired) electrons. The topological polar surface area (TPSA) is 73.0 Å². The lowest BCUT2D eigenvalue weighted by Gasteiger charge is -2.09. The fraction of sp³-hybridized carbons (Fsp3) is 0.208. The van der Waals surface area contributed by atoms with E-state index in [1.165, 1.54) is 17.3 Å². The Morgan fingerprint density at radius 3 is 2.59 bits per heavy atom. The van der Waals surface area contributed by atoms with Crippen LogP contribution in [0.25, 0.3) is 11.4 Å². The number of carbonyl (C=O) groups is 1. The van der Waals surface area contributed by atoms with Gasteiger partial charge in [0.25, 0.3) is 0 Å². The number of amides is 1. The van der Waals surface area contributed by atoms with Gasteiger partial charge in [-0.25, -0.2) is 0 Å². The molecule has 6 nitrogen and oxygen atoms in total. The summed E-state index contributed by atoms with van der Waals surface area (Å²) in [5, 5.41) is 13.0. The monoisotopic (exact) mass is 466 g/mol. The van der Waals surface area contributed by atoms with Gasteiger partial charge < -0.3 is 9.73 Å². The summed E-state index contributed by atoms with van der Waals surface area (Å²) in [6.45, 7) is 1.11. The summed E-state index contributed by atoms with van der Waals surface area (Å²) in [5.74, 6) is 1.72. The number of halogens is 1. The molecule has 4 rings (SSSR count). The molecule has 0 atom stereocenters. The second kappa shape index (κ2) is 11.0. The van der Waals surface area contributed by atoms with Gasteiger partial charge in [-0.15, -0.1) is 10.2 Å². The van der Waals surface area contributed by atoms with E-state index in [1.807, 2.05) is 59.2 Å². The summed E-state index contributed by atoms with van der Waals surface area (Å²) >= 11 is 7.38. The van der Waals surface area contributed by atoms with E-state index in [1.54, 1.807) is 6.26 Å². The van der Waals surface area contributed by atoms with Crippen LogP contribution in [0, 0.1) is 0 Å². The number of thioether (sulfide) groups is 1. The fourth-order valence-electron chi connectivity index (χ4n) is 3.26. The van der Waals surface area contributed by atoms with Crippen molar-refractivity contribution in [2.45, 2.75) is 24.5 Å². The third-order valence-corrected chi connectivity index (χ3v) is 6.07. The molecule has 0 aliphatic carbocycles. The zero-order valence-corrected chi connectivity index (χ0v) is 19.0. The van der Waals surface area contributed by atoms with E-state index in [2.05, 4.69) is 27.6 Å². The van der Waals surface area contributed by atoms with Crippen molar-refractivity contribution in [1.82, 2.24) is 20.1 Å². The Kier molecular flexibility index (Phi) is 7.64. The first kappa shape index (κ1) is 22.2. The summed E-state index contributed by atoms with van der Waals surface area (Å²) in [6.07, 6.45) is 3.48. The Labute approximate surface area is 196 Å². The van der Waals surface area contributed by atoms with Crippen molar-refractivity contribution in [2.75, 3.05) is 12.3 Å². The van der Waals surface area contributed by atoms with Crippen LogP contribution in [0.5, 0.6) is 0 Å². The Morgan fingerprint density at radius 1 is 1.03 bits per heavy atom. The fourth-order valence-corrected chi connectivity index (χ4v) is 4.15. The SMILES string of the molecule is O=C(CSc1nnc(-c2ccc(Cl)cc2)n1Cc1ccco1)NCCCc1ccccc1. The normalized spacial score (nSPS) is 10.9. The van der Waals surface area contributed by atoms with Gasteiger partial charge >= 0.3 is 0 Å². The molecule has 8 heteroatoms. The molecule has 164 valence electrons. The van der Waals surface area contributed by atoms with E-state index < -0.39 is 0 Å². The van der Waals surface area contributed by atoms with Crippen LogP contribution in [0.1, 0.15) is 17.7 Å². The lowest BCUT2D eigenvalue weighted by atomic mass is 10.1. The Morgan fingerprint density at radius 2 is 1.84 bits per heavy atom. The Balaban J connectivity index is 1.37. The minimum absolute atomic E-state index is 0.0244. The second-order valence-corrected chi connectivity index (χ2v) is 8.59. The van der Waals surface area contributed by atoms with Crippen molar-refractivity contribution in [2.24, 2.45) is 0 Å². The van der Waals surface area contributed by atoms with E-state index in [9.17, 15) is 4.79 Å². The first-order valence-electron chi connectivity index (χ1n) is 10.3. The zero-order valence-electron chi connectivity index (χ0n) is 17.4. The van der Waals surface area contributed by atoms with Crippen LogP contribution in [0.15, 0.2) is 82.6 Å². The first-order valence-corrected chi connectivity index (χ1v) is 11.7. The van der Waals surface area contributed by atoms with Gasteiger partial charge in [0.1, 0.15) is 5.76 Å². The van der Waals surface area contributed by atoms with E-state index in [-0.39, 0.29) is 11.7 Å². The van der Waals surface area contributed by atoms with Crippen molar-refractivity contribution in [3.05, 3.63) is 89.3 Å². The summed E-state index contributed by atoms with van der Waals surface area (Å²) < 4.78 is 7.47. The van der Waals surface area contributed by atoms with Crippen LogP contribution in [0.4, 0.5) is 0 Å². The number of aromatic nitrogens is 3. The lowest BCUT2D eigenvalue weighted by Crippen LogP contribution is -2.26. The molecule has 0 saturated carbocycles. The standard InChI is InChI=1S/C24H23ClN4O2S/c25-20-12-10-19(11-13-20)23-27-28-24(29(23)16-21-9-5-15-31-21)32-17-22(30)26-14-4-8-18-6-2-1-3-7-18/h1-3,5-7,9-13,15H,4,8,14,16-17H2,(H,26,30). The van der Waals surface area contributed by atoms with Crippen LogP contribution < -0.4 is 5.32 Å². The van der Waals surface area contributed by atoms with E-state index in [0.717, 1.165) is 24.2 Å². The van der Waals surface area contributed by atoms with Crippen LogP contribution in [-0.4, -0.2) is 33.0 Å². The third-order valence-electron chi connectivity index (χ3n) is 4.85. The molecule has 0 aliphatic heterocycles. The molecule has 2 heterocycles. The highest BCUT2D eigenvalue weighted by Gasteiger charge is 2.17. The molecule has 0 bridgehead atoms. The van der Waals surface area contributed by atoms with Crippen molar-refractivity contribution in [3.63, 3.8) is 0 Å². The van der Waals surface area contributed by atoms with Crippen LogP contribution in [0.3, 0.4) is 0 Å². The maximum Gasteiger partial charge on any atom is 0.230 e. The molecule has 32 heavy (non-hydrogen) atoms. The molecule has 0 fully saturated rings. The number of hydrogen-bond donors (Lipinski definition) is 1. The average Bonchev–Trinajstić information content (AvgIpc) is 3.47. The van der Waals surface area contributed by atoms with E-state index in [0.29, 0.717) is 29.1 Å². The van der Waals surface area contributed by atoms with Gasteiger partial charge in [-0.3, -0.25) is 9.36 Å². The average molecular weight is 467 g/mol. The highest BCUT2D eigenvalue weighted by molar-refractivity contribution is 7.99. The molecule has 1 amide bonds. The van der Waals surface area contributed by atoms with Gasteiger partial charge in [0.2, 0.25) is 5.91 Å². The minimum Gasteiger partial charge on any atom is -0.467 e. The molecule has 4 aromatic rings. The molecule has 0 spiro atoms. The molecular formula is C24H23ClN4O2S. The highest BCUT2D eigenvalue weighted by atomic mass is 35.5. The molecule has 0 saturated heterocycles. The van der Waals surface area contributed by atoms with E-state index >= 15 is 0 Å². The molecule has 0 unspecified atom stereocenters. The van der Waals surface area contributed by atoms with E-state index in [4.69, 9.17) is 16.0 Å². The smallest absolute Gasteiger partial charge is 0.230 e. The summed E-state index contributed by atoms with van der Waals surface area (Å²) in [7, 11) is 0. The maximum atomic E-state index is 12.3. The lowest BCUT2D eigenvalue weighted by molar-refractivity contribution is -0.118. The van der Waals surface area contributed by atoms with Gasteiger partial charge in [-0.2, -0.15) is 0 Å². The summed E-state index contributed by atoms with van der Waals surface area (Å²) in [5.41, 5.74) is 2.17. The molecule has 0 aliphatic rings.